The monoisotopic (exact) mass is 334 g/mol. The number of para-hydroxylation sites is 1. The molecular weight excluding hydrogens is 308 g/mol. The van der Waals surface area contributed by atoms with Crippen molar-refractivity contribution in [3.05, 3.63) is 29.3 Å². The van der Waals surface area contributed by atoms with Gasteiger partial charge in [-0.2, -0.15) is 0 Å². The maximum atomic E-state index is 12.7. The molecule has 1 saturated heterocycles. The lowest BCUT2D eigenvalue weighted by Gasteiger charge is -2.26. The second-order valence-corrected chi connectivity index (χ2v) is 7.18. The van der Waals surface area contributed by atoms with E-state index in [9.17, 15) is 9.59 Å². The van der Waals surface area contributed by atoms with Crippen molar-refractivity contribution < 1.29 is 9.59 Å². The normalized spacial score (nSPS) is 17.9. The van der Waals surface area contributed by atoms with Crippen LogP contribution in [0.15, 0.2) is 18.2 Å². The zero-order chi connectivity index (χ0) is 17.1. The second-order valence-electron chi connectivity index (χ2n) is 6.74. The molecule has 2 rings (SSSR count). The van der Waals surface area contributed by atoms with E-state index >= 15 is 0 Å². The molecule has 126 valence electrons. The molecule has 1 fully saturated rings. The van der Waals surface area contributed by atoms with Gasteiger partial charge in [-0.15, -0.1) is 12.6 Å². The van der Waals surface area contributed by atoms with Gasteiger partial charge >= 0.3 is 6.03 Å². The molecule has 1 heterocycles. The summed E-state index contributed by atoms with van der Waals surface area (Å²) < 4.78 is 0. The molecule has 1 atom stereocenters. The number of benzene rings is 1. The highest BCUT2D eigenvalue weighted by Gasteiger charge is 2.33. The van der Waals surface area contributed by atoms with E-state index in [0.717, 1.165) is 23.2 Å². The van der Waals surface area contributed by atoms with Crippen LogP contribution in [0, 0.1) is 0 Å². The van der Waals surface area contributed by atoms with Crippen molar-refractivity contribution in [2.45, 2.75) is 58.4 Å². The van der Waals surface area contributed by atoms with Crippen LogP contribution in [0.3, 0.4) is 0 Å². The van der Waals surface area contributed by atoms with Crippen molar-refractivity contribution in [2.24, 2.45) is 0 Å². The molecule has 0 aromatic heterocycles. The molecule has 0 bridgehead atoms. The van der Waals surface area contributed by atoms with Crippen molar-refractivity contribution in [1.29, 1.82) is 0 Å². The number of urea groups is 1. The SMILES string of the molecule is CC(C)c1cccc(C(C)C)c1NC(=O)N1CCC[C@H]1C(=O)S. The molecule has 5 heteroatoms. The summed E-state index contributed by atoms with van der Waals surface area (Å²) in [6.07, 6.45) is 1.53. The Labute approximate surface area is 144 Å². The smallest absolute Gasteiger partial charge is 0.314 e. The van der Waals surface area contributed by atoms with E-state index in [1.807, 2.05) is 6.07 Å². The number of amides is 2. The average molecular weight is 334 g/mol. The third kappa shape index (κ3) is 3.89. The van der Waals surface area contributed by atoms with Gasteiger partial charge < -0.3 is 10.2 Å². The van der Waals surface area contributed by atoms with Crippen LogP contribution in [-0.4, -0.2) is 28.6 Å². The van der Waals surface area contributed by atoms with Crippen LogP contribution < -0.4 is 5.32 Å². The summed E-state index contributed by atoms with van der Waals surface area (Å²) in [6, 6.07) is 5.53. The topological polar surface area (TPSA) is 49.4 Å². The first-order chi connectivity index (χ1) is 10.8. The molecule has 0 unspecified atom stereocenters. The number of rotatable bonds is 4. The lowest BCUT2D eigenvalue weighted by Crippen LogP contribution is -2.41. The van der Waals surface area contributed by atoms with E-state index in [1.54, 1.807) is 4.90 Å². The summed E-state index contributed by atoms with van der Waals surface area (Å²) in [5, 5.41) is 2.83. The van der Waals surface area contributed by atoms with Crippen molar-refractivity contribution in [2.75, 3.05) is 11.9 Å². The van der Waals surface area contributed by atoms with Crippen molar-refractivity contribution in [3.63, 3.8) is 0 Å². The van der Waals surface area contributed by atoms with Crippen molar-refractivity contribution in [1.82, 2.24) is 4.90 Å². The van der Waals surface area contributed by atoms with Crippen molar-refractivity contribution in [3.8, 4) is 0 Å². The van der Waals surface area contributed by atoms with Crippen LogP contribution in [0.5, 0.6) is 0 Å². The molecule has 1 aliphatic heterocycles. The van der Waals surface area contributed by atoms with Gasteiger partial charge in [0.25, 0.3) is 0 Å². The van der Waals surface area contributed by atoms with Gasteiger partial charge in [-0.25, -0.2) is 4.79 Å². The average Bonchev–Trinajstić information content (AvgIpc) is 2.96. The van der Waals surface area contributed by atoms with Gasteiger partial charge in [0, 0.05) is 12.2 Å². The number of hydrogen-bond donors (Lipinski definition) is 2. The lowest BCUT2D eigenvalue weighted by molar-refractivity contribution is -0.113. The molecule has 0 aliphatic carbocycles. The molecule has 1 aliphatic rings. The van der Waals surface area contributed by atoms with Crippen LogP contribution >= 0.6 is 12.6 Å². The number of likely N-dealkylation sites (tertiary alicyclic amines) is 1. The highest BCUT2D eigenvalue weighted by molar-refractivity contribution is 7.96. The Morgan fingerprint density at radius 2 is 1.74 bits per heavy atom. The van der Waals surface area contributed by atoms with Crippen LogP contribution in [0.2, 0.25) is 0 Å². The molecule has 0 radical (unpaired) electrons. The Hall–Kier alpha value is -1.49. The zero-order valence-corrected chi connectivity index (χ0v) is 15.2. The van der Waals surface area contributed by atoms with Crippen LogP contribution in [0.4, 0.5) is 10.5 Å². The van der Waals surface area contributed by atoms with Crippen molar-refractivity contribution >= 4 is 29.5 Å². The number of carbonyl (C=O) groups is 2. The molecule has 0 saturated carbocycles. The van der Waals surface area contributed by atoms with E-state index < -0.39 is 6.04 Å². The quantitative estimate of drug-likeness (QED) is 0.803. The Balaban J connectivity index is 2.31. The van der Waals surface area contributed by atoms with Gasteiger partial charge in [-0.05, 0) is 35.8 Å². The van der Waals surface area contributed by atoms with E-state index in [1.165, 1.54) is 0 Å². The van der Waals surface area contributed by atoms with E-state index in [0.29, 0.717) is 24.8 Å². The second kappa shape index (κ2) is 7.39. The van der Waals surface area contributed by atoms with Crippen LogP contribution in [0.1, 0.15) is 63.5 Å². The van der Waals surface area contributed by atoms with Gasteiger partial charge in [-0.1, -0.05) is 45.9 Å². The van der Waals surface area contributed by atoms with Gasteiger partial charge in [0.15, 0.2) is 0 Å². The molecule has 1 N–H and O–H groups in total. The molecule has 4 nitrogen and oxygen atoms in total. The van der Waals surface area contributed by atoms with E-state index in [-0.39, 0.29) is 11.1 Å². The highest BCUT2D eigenvalue weighted by Crippen LogP contribution is 2.33. The summed E-state index contributed by atoms with van der Waals surface area (Å²) in [6.45, 7) is 9.07. The third-order valence-corrected chi connectivity index (χ3v) is 4.70. The minimum atomic E-state index is -0.410. The van der Waals surface area contributed by atoms with Crippen LogP contribution in [0.25, 0.3) is 0 Å². The Bertz CT molecular complexity index is 572. The molecular formula is C18H26N2O2S. The van der Waals surface area contributed by atoms with Crippen LogP contribution in [-0.2, 0) is 4.79 Å². The minimum absolute atomic E-state index is 0.204. The van der Waals surface area contributed by atoms with Gasteiger partial charge in [0.2, 0.25) is 5.12 Å². The predicted octanol–water partition coefficient (Wildman–Crippen LogP) is 4.39. The van der Waals surface area contributed by atoms with Gasteiger partial charge in [0.1, 0.15) is 6.04 Å². The molecule has 1 aromatic carbocycles. The molecule has 1 aromatic rings. The fourth-order valence-electron chi connectivity index (χ4n) is 3.14. The first-order valence-corrected chi connectivity index (χ1v) is 8.70. The fraction of sp³-hybridized carbons (Fsp3) is 0.556. The molecule has 2 amide bonds. The first kappa shape index (κ1) is 17.9. The number of anilines is 1. The Morgan fingerprint density at radius 1 is 1.17 bits per heavy atom. The largest absolute Gasteiger partial charge is 0.322 e. The fourth-order valence-corrected chi connectivity index (χ4v) is 3.41. The summed E-state index contributed by atoms with van der Waals surface area (Å²) >= 11 is 3.92. The number of nitrogens with zero attached hydrogens (tertiary/aromatic N) is 1. The number of hydrogen-bond acceptors (Lipinski definition) is 2. The number of carbonyl (C=O) groups excluding carboxylic acids is 2. The lowest BCUT2D eigenvalue weighted by atomic mass is 9.93. The van der Waals surface area contributed by atoms with E-state index in [2.05, 4.69) is 57.8 Å². The van der Waals surface area contributed by atoms with E-state index in [4.69, 9.17) is 0 Å². The molecule has 0 spiro atoms. The Kier molecular flexibility index (Phi) is 5.74. The minimum Gasteiger partial charge on any atom is -0.314 e. The summed E-state index contributed by atoms with van der Waals surface area (Å²) in [4.78, 5) is 25.9. The summed E-state index contributed by atoms with van der Waals surface area (Å²) in [7, 11) is 0. The maximum Gasteiger partial charge on any atom is 0.322 e. The maximum absolute atomic E-state index is 12.7. The predicted molar refractivity (Wildman–Crippen MR) is 97.4 cm³/mol. The Morgan fingerprint density at radius 3 is 2.22 bits per heavy atom. The summed E-state index contributed by atoms with van der Waals surface area (Å²) in [5.74, 6) is 0.620. The molecule has 23 heavy (non-hydrogen) atoms. The number of thiol groups is 1. The summed E-state index contributed by atoms with van der Waals surface area (Å²) in [5.41, 5.74) is 3.13. The number of nitrogens with one attached hydrogen (secondary N) is 1. The van der Waals surface area contributed by atoms with Gasteiger partial charge in [-0.3, -0.25) is 4.79 Å². The van der Waals surface area contributed by atoms with Gasteiger partial charge in [0.05, 0.1) is 0 Å². The zero-order valence-electron chi connectivity index (χ0n) is 14.3. The highest BCUT2D eigenvalue weighted by atomic mass is 32.1. The first-order valence-electron chi connectivity index (χ1n) is 8.26. The third-order valence-electron chi connectivity index (χ3n) is 4.40. The standard InChI is InChI=1S/C18H26N2O2S/c1-11(2)13-7-5-8-14(12(3)4)16(13)19-18(22)20-10-6-9-15(20)17(21)23/h5,7-8,11-12,15H,6,9-10H2,1-4H3,(H,19,22)(H,21,23)/t15-/m0/s1.